The topological polar surface area (TPSA) is 115 Å². The molecule has 0 aliphatic heterocycles. The lowest BCUT2D eigenvalue weighted by Crippen LogP contribution is -2.18. The van der Waals surface area contributed by atoms with E-state index < -0.39 is 10.0 Å². The molecule has 0 spiro atoms. The molecule has 0 heterocycles. The predicted octanol–water partition coefficient (Wildman–Crippen LogP) is 0.956. The lowest BCUT2D eigenvalue weighted by Gasteiger charge is -2.12. The van der Waals surface area contributed by atoms with Crippen molar-refractivity contribution < 1.29 is 13.2 Å². The molecule has 5 N–H and O–H groups in total. The first kappa shape index (κ1) is 16.6. The molecule has 1 aromatic carbocycles. The van der Waals surface area contributed by atoms with E-state index in [0.717, 1.165) is 0 Å². The van der Waals surface area contributed by atoms with Gasteiger partial charge in [-0.2, -0.15) is 0 Å². The minimum Gasteiger partial charge on any atom is -0.330 e. The minimum atomic E-state index is -3.79. The molecule has 0 aliphatic rings. The van der Waals surface area contributed by atoms with E-state index in [2.05, 4.69) is 5.32 Å². The monoisotopic (exact) mass is 299 g/mol. The van der Waals surface area contributed by atoms with Gasteiger partial charge < -0.3 is 11.1 Å². The summed E-state index contributed by atoms with van der Waals surface area (Å²) in [5.41, 5.74) is 6.39. The smallest absolute Gasteiger partial charge is 0.238 e. The van der Waals surface area contributed by atoms with Gasteiger partial charge in [0.1, 0.15) is 0 Å². The van der Waals surface area contributed by atoms with E-state index >= 15 is 0 Å². The molecule has 1 unspecified atom stereocenters. The molecule has 0 fully saturated rings. The highest BCUT2D eigenvalue weighted by Crippen LogP contribution is 2.22. The van der Waals surface area contributed by atoms with E-state index in [1.54, 1.807) is 19.1 Å². The molecular formula is C13H21N3O3S. The number of rotatable bonds is 6. The summed E-state index contributed by atoms with van der Waals surface area (Å²) < 4.78 is 22.8. The molecule has 1 aromatic rings. The Morgan fingerprint density at radius 2 is 2.05 bits per heavy atom. The van der Waals surface area contributed by atoms with Gasteiger partial charge in [0.2, 0.25) is 15.9 Å². The Balaban J connectivity index is 2.81. The van der Waals surface area contributed by atoms with Crippen molar-refractivity contribution in [1.82, 2.24) is 0 Å². The third kappa shape index (κ3) is 4.59. The number of sulfonamides is 1. The van der Waals surface area contributed by atoms with Crippen LogP contribution >= 0.6 is 0 Å². The van der Waals surface area contributed by atoms with Crippen LogP contribution in [0.3, 0.4) is 0 Å². The van der Waals surface area contributed by atoms with E-state index in [4.69, 9.17) is 10.9 Å². The van der Waals surface area contributed by atoms with Crippen LogP contribution in [0.1, 0.15) is 25.3 Å². The lowest BCUT2D eigenvalue weighted by molar-refractivity contribution is -0.116. The van der Waals surface area contributed by atoms with E-state index in [9.17, 15) is 13.2 Å². The van der Waals surface area contributed by atoms with Gasteiger partial charge in [-0.25, -0.2) is 13.6 Å². The van der Waals surface area contributed by atoms with Crippen LogP contribution in [0.4, 0.5) is 5.69 Å². The molecule has 7 heteroatoms. The number of primary sulfonamides is 1. The van der Waals surface area contributed by atoms with Crippen molar-refractivity contribution in [3.05, 3.63) is 23.8 Å². The zero-order chi connectivity index (χ0) is 15.3. The Labute approximate surface area is 119 Å². The molecule has 0 radical (unpaired) electrons. The van der Waals surface area contributed by atoms with Crippen LogP contribution in [0, 0.1) is 12.8 Å². The van der Waals surface area contributed by atoms with Crippen LogP contribution in [0.25, 0.3) is 0 Å². The van der Waals surface area contributed by atoms with Gasteiger partial charge in [0.15, 0.2) is 0 Å². The standard InChI is InChI=1S/C13H21N3O3S/c1-9(8-14)6-7-13(17)16-11-4-3-5-12(10(11)2)20(15,18)19/h3-5,9H,6-8,14H2,1-2H3,(H,16,17)(H2,15,18,19). The van der Waals surface area contributed by atoms with Crippen LogP contribution < -0.4 is 16.2 Å². The van der Waals surface area contributed by atoms with Gasteiger partial charge in [-0.3, -0.25) is 4.79 Å². The number of carbonyl (C=O) groups excluding carboxylic acids is 1. The second kappa shape index (κ2) is 6.83. The molecule has 0 saturated heterocycles. The maximum absolute atomic E-state index is 11.8. The highest BCUT2D eigenvalue weighted by molar-refractivity contribution is 7.89. The summed E-state index contributed by atoms with van der Waals surface area (Å²) in [6.45, 7) is 4.12. The molecule has 0 aromatic heterocycles. The van der Waals surface area contributed by atoms with E-state index in [-0.39, 0.29) is 16.7 Å². The molecule has 112 valence electrons. The minimum absolute atomic E-state index is 0.0191. The highest BCUT2D eigenvalue weighted by atomic mass is 32.2. The van der Waals surface area contributed by atoms with Gasteiger partial charge in [0.05, 0.1) is 4.90 Å². The van der Waals surface area contributed by atoms with Crippen molar-refractivity contribution in [2.24, 2.45) is 16.8 Å². The number of hydrogen-bond acceptors (Lipinski definition) is 4. The molecule has 0 saturated carbocycles. The number of amides is 1. The zero-order valence-corrected chi connectivity index (χ0v) is 12.5. The summed E-state index contributed by atoms with van der Waals surface area (Å²) >= 11 is 0. The maximum atomic E-state index is 11.8. The molecule has 6 nitrogen and oxygen atoms in total. The molecule has 0 bridgehead atoms. The fourth-order valence-corrected chi connectivity index (χ4v) is 2.57. The summed E-state index contributed by atoms with van der Waals surface area (Å²) in [6.07, 6.45) is 1.04. The first-order valence-corrected chi connectivity index (χ1v) is 7.92. The summed E-state index contributed by atoms with van der Waals surface area (Å²) in [7, 11) is -3.79. The summed E-state index contributed by atoms with van der Waals surface area (Å²) in [6, 6.07) is 4.61. The van der Waals surface area contributed by atoms with Crippen molar-refractivity contribution in [2.45, 2.75) is 31.6 Å². The number of benzene rings is 1. The number of carbonyl (C=O) groups is 1. The average molecular weight is 299 g/mol. The summed E-state index contributed by atoms with van der Waals surface area (Å²) in [4.78, 5) is 11.8. The largest absolute Gasteiger partial charge is 0.330 e. The van der Waals surface area contributed by atoms with Gasteiger partial charge in [-0.15, -0.1) is 0 Å². The fraction of sp³-hybridized carbons (Fsp3) is 0.462. The van der Waals surface area contributed by atoms with Crippen molar-refractivity contribution in [2.75, 3.05) is 11.9 Å². The van der Waals surface area contributed by atoms with Crippen LogP contribution in [0.15, 0.2) is 23.1 Å². The number of anilines is 1. The highest BCUT2D eigenvalue weighted by Gasteiger charge is 2.15. The Morgan fingerprint density at radius 3 is 2.60 bits per heavy atom. The summed E-state index contributed by atoms with van der Waals surface area (Å²) in [5.74, 6) is 0.109. The van der Waals surface area contributed by atoms with Crippen LogP contribution in [-0.4, -0.2) is 20.9 Å². The Morgan fingerprint density at radius 1 is 1.40 bits per heavy atom. The molecule has 0 aliphatic carbocycles. The van der Waals surface area contributed by atoms with Crippen molar-refractivity contribution in [3.63, 3.8) is 0 Å². The molecule has 20 heavy (non-hydrogen) atoms. The second-order valence-corrected chi connectivity index (χ2v) is 6.43. The molecule has 1 rings (SSSR count). The zero-order valence-electron chi connectivity index (χ0n) is 11.7. The quantitative estimate of drug-likeness (QED) is 0.725. The molecular weight excluding hydrogens is 278 g/mol. The SMILES string of the molecule is Cc1c(NC(=O)CCC(C)CN)cccc1S(N)(=O)=O. The van der Waals surface area contributed by atoms with Gasteiger partial charge in [-0.05, 0) is 43.5 Å². The van der Waals surface area contributed by atoms with Gasteiger partial charge in [-0.1, -0.05) is 13.0 Å². The van der Waals surface area contributed by atoms with Gasteiger partial charge >= 0.3 is 0 Å². The van der Waals surface area contributed by atoms with Gasteiger partial charge in [0, 0.05) is 12.1 Å². The third-order valence-electron chi connectivity index (χ3n) is 3.13. The third-order valence-corrected chi connectivity index (χ3v) is 4.19. The Kier molecular flexibility index (Phi) is 5.67. The van der Waals surface area contributed by atoms with E-state index in [0.29, 0.717) is 30.6 Å². The van der Waals surface area contributed by atoms with Crippen molar-refractivity contribution in [1.29, 1.82) is 0 Å². The average Bonchev–Trinajstić information content (AvgIpc) is 2.37. The van der Waals surface area contributed by atoms with E-state index in [1.165, 1.54) is 6.07 Å². The normalized spacial score (nSPS) is 13.0. The van der Waals surface area contributed by atoms with Crippen LogP contribution in [-0.2, 0) is 14.8 Å². The van der Waals surface area contributed by atoms with Crippen molar-refractivity contribution >= 4 is 21.6 Å². The Hall–Kier alpha value is -1.44. The molecule has 1 amide bonds. The maximum Gasteiger partial charge on any atom is 0.238 e. The lowest BCUT2D eigenvalue weighted by atomic mass is 10.1. The van der Waals surface area contributed by atoms with Crippen LogP contribution in [0.5, 0.6) is 0 Å². The fourth-order valence-electron chi connectivity index (χ4n) is 1.77. The number of hydrogen-bond donors (Lipinski definition) is 3. The number of nitrogens with one attached hydrogen (secondary N) is 1. The number of nitrogens with two attached hydrogens (primary N) is 2. The second-order valence-electron chi connectivity index (χ2n) is 4.90. The van der Waals surface area contributed by atoms with Crippen LogP contribution in [0.2, 0.25) is 0 Å². The van der Waals surface area contributed by atoms with Gasteiger partial charge in [0.25, 0.3) is 0 Å². The Bertz CT molecular complexity index is 585. The van der Waals surface area contributed by atoms with Crippen molar-refractivity contribution in [3.8, 4) is 0 Å². The molecule has 1 atom stereocenters. The first-order valence-electron chi connectivity index (χ1n) is 6.38. The predicted molar refractivity (Wildman–Crippen MR) is 78.6 cm³/mol. The summed E-state index contributed by atoms with van der Waals surface area (Å²) in [5, 5.41) is 7.82. The first-order chi connectivity index (χ1) is 9.25. The van der Waals surface area contributed by atoms with E-state index in [1.807, 2.05) is 6.92 Å².